The molecule has 0 fully saturated rings. The maximum atomic E-state index is 9.78. The highest BCUT2D eigenvalue weighted by molar-refractivity contribution is 7.98. The smallest absolute Gasteiger partial charge is 0.143 e. The van der Waals surface area contributed by atoms with Crippen LogP contribution in [0.25, 0.3) is 11.1 Å². The number of nitrogens with two attached hydrogens (primary N) is 1. The summed E-state index contributed by atoms with van der Waals surface area (Å²) >= 11 is 1.39. The largest absolute Gasteiger partial charge is 0.497 e. The van der Waals surface area contributed by atoms with Gasteiger partial charge in [0, 0.05) is 23.7 Å². The number of hydrogen-bond acceptors (Lipinski definition) is 7. The summed E-state index contributed by atoms with van der Waals surface area (Å²) in [5, 5.41) is 19.8. The molecule has 0 aliphatic carbocycles. The number of ether oxygens (including phenoxy) is 1. The zero-order valence-corrected chi connectivity index (χ0v) is 15.3. The van der Waals surface area contributed by atoms with Gasteiger partial charge >= 0.3 is 0 Å². The average molecular weight is 373 g/mol. The van der Waals surface area contributed by atoms with E-state index >= 15 is 0 Å². The summed E-state index contributed by atoms with van der Waals surface area (Å²) in [6.45, 7) is 0. The number of nitrogens with zero attached hydrogens (tertiary/aromatic N) is 4. The fraction of sp³-hybridized carbons (Fsp3) is 0.100. The molecule has 0 saturated carbocycles. The molecule has 2 heterocycles. The number of rotatable bonds is 5. The van der Waals surface area contributed by atoms with Crippen LogP contribution in [0.3, 0.4) is 0 Å². The molecule has 27 heavy (non-hydrogen) atoms. The molecule has 2 N–H and O–H groups in total. The van der Waals surface area contributed by atoms with Crippen molar-refractivity contribution in [1.29, 1.82) is 10.5 Å². The number of aromatic nitrogens is 2. The molecular weight excluding hydrogens is 358 g/mol. The maximum Gasteiger partial charge on any atom is 0.143 e. The Kier molecular flexibility index (Phi) is 5.55. The SMILES string of the molecule is COc1ccc(-c2c(C#N)c(N)nc(SCc3cccnc3)c2C#N)cc1. The molecule has 0 radical (unpaired) electrons. The van der Waals surface area contributed by atoms with E-state index in [0.29, 0.717) is 33.2 Å². The first kappa shape index (κ1) is 18.2. The minimum Gasteiger partial charge on any atom is -0.497 e. The van der Waals surface area contributed by atoms with Crippen LogP contribution < -0.4 is 10.5 Å². The van der Waals surface area contributed by atoms with Crippen LogP contribution in [0.1, 0.15) is 16.7 Å². The Hall–Kier alpha value is -3.55. The summed E-state index contributed by atoms with van der Waals surface area (Å²) in [4.78, 5) is 8.39. The van der Waals surface area contributed by atoms with Gasteiger partial charge in [-0.2, -0.15) is 10.5 Å². The molecule has 0 atom stereocenters. The molecule has 6 nitrogen and oxygen atoms in total. The Morgan fingerprint density at radius 1 is 1.11 bits per heavy atom. The molecule has 0 amide bonds. The second-order valence-electron chi connectivity index (χ2n) is 5.53. The van der Waals surface area contributed by atoms with Crippen molar-refractivity contribution in [3.8, 4) is 29.0 Å². The fourth-order valence-electron chi connectivity index (χ4n) is 2.58. The third-order valence-corrected chi connectivity index (χ3v) is 4.94. The van der Waals surface area contributed by atoms with Gasteiger partial charge in [-0.25, -0.2) is 4.98 Å². The third-order valence-electron chi connectivity index (χ3n) is 3.89. The lowest BCUT2D eigenvalue weighted by Gasteiger charge is -2.13. The molecule has 3 aromatic rings. The van der Waals surface area contributed by atoms with E-state index in [1.807, 2.05) is 12.1 Å². The standard InChI is InChI=1S/C20H15N5OS/c1-26-15-6-4-14(5-7-15)18-16(9-21)19(23)25-20(17(18)10-22)27-12-13-3-2-8-24-11-13/h2-8,11H,12H2,1H3,(H2,23,25). The van der Waals surface area contributed by atoms with Crippen molar-refractivity contribution < 1.29 is 4.74 Å². The lowest BCUT2D eigenvalue weighted by molar-refractivity contribution is 0.415. The predicted molar refractivity (Wildman–Crippen MR) is 104 cm³/mol. The van der Waals surface area contributed by atoms with Crippen molar-refractivity contribution in [3.05, 3.63) is 65.5 Å². The number of pyridine rings is 2. The Labute approximate surface area is 161 Å². The Morgan fingerprint density at radius 2 is 1.85 bits per heavy atom. The van der Waals surface area contributed by atoms with E-state index in [1.54, 1.807) is 43.8 Å². The molecule has 0 aliphatic rings. The summed E-state index contributed by atoms with van der Waals surface area (Å²) in [6.07, 6.45) is 3.46. The van der Waals surface area contributed by atoms with Gasteiger partial charge in [-0.15, -0.1) is 11.8 Å². The molecule has 0 bridgehead atoms. The van der Waals surface area contributed by atoms with E-state index in [4.69, 9.17) is 10.5 Å². The highest BCUT2D eigenvalue weighted by Gasteiger charge is 2.20. The first-order valence-electron chi connectivity index (χ1n) is 7.97. The van der Waals surface area contributed by atoms with Gasteiger partial charge in [0.15, 0.2) is 0 Å². The highest BCUT2D eigenvalue weighted by atomic mass is 32.2. The summed E-state index contributed by atoms with van der Waals surface area (Å²) < 4.78 is 5.18. The van der Waals surface area contributed by atoms with Crippen LogP contribution in [0.2, 0.25) is 0 Å². The lowest BCUT2D eigenvalue weighted by Crippen LogP contribution is -2.03. The van der Waals surface area contributed by atoms with E-state index < -0.39 is 0 Å². The Bertz CT molecular complexity index is 1040. The van der Waals surface area contributed by atoms with Gasteiger partial charge in [0.25, 0.3) is 0 Å². The number of methoxy groups -OCH3 is 1. The molecule has 0 aliphatic heterocycles. The van der Waals surface area contributed by atoms with Crippen LogP contribution in [0.15, 0.2) is 53.8 Å². The minimum absolute atomic E-state index is 0.107. The van der Waals surface area contributed by atoms with E-state index in [0.717, 1.165) is 5.56 Å². The Morgan fingerprint density at radius 3 is 2.44 bits per heavy atom. The van der Waals surface area contributed by atoms with E-state index in [2.05, 4.69) is 22.1 Å². The first-order valence-corrected chi connectivity index (χ1v) is 8.96. The molecular formula is C20H15N5OS. The summed E-state index contributed by atoms with van der Waals surface area (Å²) in [5.74, 6) is 1.38. The number of hydrogen-bond donors (Lipinski definition) is 1. The van der Waals surface area contributed by atoms with Crippen LogP contribution in [-0.2, 0) is 5.75 Å². The molecule has 0 spiro atoms. The molecule has 0 saturated heterocycles. The van der Waals surface area contributed by atoms with Crippen molar-refractivity contribution in [2.45, 2.75) is 10.8 Å². The summed E-state index contributed by atoms with van der Waals surface area (Å²) in [5.41, 5.74) is 8.76. The van der Waals surface area contributed by atoms with Crippen molar-refractivity contribution >= 4 is 17.6 Å². The fourth-order valence-corrected chi connectivity index (χ4v) is 3.51. The number of nitrogen functional groups attached to an aromatic ring is 1. The molecule has 3 rings (SSSR count). The number of benzene rings is 1. The number of nitriles is 2. The van der Waals surface area contributed by atoms with Crippen LogP contribution in [0.4, 0.5) is 5.82 Å². The quantitative estimate of drug-likeness (QED) is 0.678. The molecule has 0 unspecified atom stereocenters. The molecule has 132 valence electrons. The van der Waals surface area contributed by atoms with Gasteiger partial charge in [-0.3, -0.25) is 4.98 Å². The molecule has 7 heteroatoms. The van der Waals surface area contributed by atoms with Crippen LogP contribution in [-0.4, -0.2) is 17.1 Å². The number of thioether (sulfide) groups is 1. The number of anilines is 1. The van der Waals surface area contributed by atoms with Crippen molar-refractivity contribution in [2.75, 3.05) is 12.8 Å². The van der Waals surface area contributed by atoms with Crippen LogP contribution in [0.5, 0.6) is 5.75 Å². The summed E-state index contributed by atoms with van der Waals surface area (Å²) in [7, 11) is 1.58. The van der Waals surface area contributed by atoms with Crippen molar-refractivity contribution in [3.63, 3.8) is 0 Å². The van der Waals surface area contributed by atoms with E-state index in [9.17, 15) is 10.5 Å². The predicted octanol–water partition coefficient (Wildman–Crippen LogP) is 3.77. The van der Waals surface area contributed by atoms with Gasteiger partial charge in [-0.05, 0) is 29.3 Å². The summed E-state index contributed by atoms with van der Waals surface area (Å²) in [6, 6.07) is 15.2. The maximum absolute atomic E-state index is 9.78. The molecule has 2 aromatic heterocycles. The van der Waals surface area contributed by atoms with E-state index in [1.165, 1.54) is 11.8 Å². The van der Waals surface area contributed by atoms with Gasteiger partial charge in [0.2, 0.25) is 0 Å². The van der Waals surface area contributed by atoms with Crippen LogP contribution >= 0.6 is 11.8 Å². The second kappa shape index (κ2) is 8.22. The third kappa shape index (κ3) is 3.84. The van der Waals surface area contributed by atoms with Gasteiger partial charge in [0.1, 0.15) is 34.3 Å². The highest BCUT2D eigenvalue weighted by Crippen LogP contribution is 2.37. The van der Waals surface area contributed by atoms with Crippen LogP contribution in [0, 0.1) is 22.7 Å². The zero-order valence-electron chi connectivity index (χ0n) is 14.5. The van der Waals surface area contributed by atoms with Gasteiger partial charge in [-0.1, -0.05) is 18.2 Å². The zero-order chi connectivity index (χ0) is 19.2. The average Bonchev–Trinajstić information content (AvgIpc) is 2.72. The minimum atomic E-state index is 0.107. The topological polar surface area (TPSA) is 109 Å². The second-order valence-corrected chi connectivity index (χ2v) is 6.49. The van der Waals surface area contributed by atoms with Crippen molar-refractivity contribution in [2.24, 2.45) is 0 Å². The van der Waals surface area contributed by atoms with Crippen molar-refractivity contribution in [1.82, 2.24) is 9.97 Å². The lowest BCUT2D eigenvalue weighted by atomic mass is 9.97. The Balaban J connectivity index is 2.09. The monoisotopic (exact) mass is 373 g/mol. The first-order chi connectivity index (χ1) is 13.2. The van der Waals surface area contributed by atoms with E-state index in [-0.39, 0.29) is 11.4 Å². The van der Waals surface area contributed by atoms with Gasteiger partial charge in [0.05, 0.1) is 12.7 Å². The van der Waals surface area contributed by atoms with Gasteiger partial charge < -0.3 is 10.5 Å². The molecule has 1 aromatic carbocycles. The normalized spacial score (nSPS) is 10.0.